The maximum absolute atomic E-state index is 12.4. The van der Waals surface area contributed by atoms with Gasteiger partial charge in [-0.15, -0.1) is 0 Å². The molecule has 2 atom stereocenters. The highest BCUT2D eigenvalue weighted by Crippen LogP contribution is 2.18. The molecule has 23 heavy (non-hydrogen) atoms. The Morgan fingerprint density at radius 3 is 2.83 bits per heavy atom. The summed E-state index contributed by atoms with van der Waals surface area (Å²) in [6.45, 7) is 5.47. The van der Waals surface area contributed by atoms with Crippen molar-refractivity contribution in [1.29, 1.82) is 0 Å². The van der Waals surface area contributed by atoms with E-state index in [1.807, 2.05) is 44.3 Å². The molecule has 2 aromatic rings. The number of benzene rings is 1. The van der Waals surface area contributed by atoms with E-state index in [2.05, 4.69) is 9.88 Å². The van der Waals surface area contributed by atoms with Crippen molar-refractivity contribution in [2.24, 2.45) is 5.92 Å². The van der Waals surface area contributed by atoms with E-state index in [0.717, 1.165) is 23.9 Å². The molecule has 0 spiro atoms. The van der Waals surface area contributed by atoms with Gasteiger partial charge in [-0.2, -0.15) is 0 Å². The van der Waals surface area contributed by atoms with Gasteiger partial charge in [-0.3, -0.25) is 4.79 Å². The molecule has 1 aromatic heterocycles. The van der Waals surface area contributed by atoms with Crippen LogP contribution in [0, 0.1) is 5.92 Å². The first-order valence-electron chi connectivity index (χ1n) is 8.10. The number of hydrogen-bond acceptors (Lipinski definition) is 3. The predicted octanol–water partition coefficient (Wildman–Crippen LogP) is 2.42. The van der Waals surface area contributed by atoms with Crippen molar-refractivity contribution < 1.29 is 14.6 Å². The number of fused-ring (bicyclic) bond motifs is 1. The molecule has 1 aromatic carbocycles. The van der Waals surface area contributed by atoms with Gasteiger partial charge in [0, 0.05) is 36.3 Å². The number of amides is 1. The van der Waals surface area contributed by atoms with Gasteiger partial charge in [-0.25, -0.2) is 0 Å². The average molecular weight is 318 g/mol. The van der Waals surface area contributed by atoms with E-state index in [9.17, 15) is 9.90 Å². The Kier molecular flexibility index (Phi) is 6.19. The fourth-order valence-electron chi connectivity index (χ4n) is 2.63. The molecule has 0 aliphatic rings. The monoisotopic (exact) mass is 318 g/mol. The van der Waals surface area contributed by atoms with E-state index in [0.29, 0.717) is 12.2 Å². The topological polar surface area (TPSA) is 63.5 Å². The van der Waals surface area contributed by atoms with E-state index >= 15 is 0 Å². The van der Waals surface area contributed by atoms with E-state index < -0.39 is 0 Å². The van der Waals surface area contributed by atoms with Gasteiger partial charge < -0.3 is 19.7 Å². The molecule has 5 heteroatoms. The summed E-state index contributed by atoms with van der Waals surface area (Å²) in [5, 5.41) is 13.4. The van der Waals surface area contributed by atoms with Crippen molar-refractivity contribution in [2.75, 3.05) is 20.3 Å². The van der Waals surface area contributed by atoms with E-state index in [-0.39, 0.29) is 24.5 Å². The third kappa shape index (κ3) is 4.12. The molecule has 0 aliphatic heterocycles. The third-order valence-corrected chi connectivity index (χ3v) is 4.41. The molecule has 1 amide bonds. The maximum atomic E-state index is 12.4. The van der Waals surface area contributed by atoms with Crippen LogP contribution in [0.5, 0.6) is 0 Å². The van der Waals surface area contributed by atoms with Crippen LogP contribution in [0.3, 0.4) is 0 Å². The zero-order valence-electron chi connectivity index (χ0n) is 14.1. The second kappa shape index (κ2) is 8.13. The van der Waals surface area contributed by atoms with Crippen molar-refractivity contribution in [3.8, 4) is 0 Å². The van der Waals surface area contributed by atoms with Crippen LogP contribution in [-0.4, -0.2) is 41.9 Å². The van der Waals surface area contributed by atoms with Crippen molar-refractivity contribution in [2.45, 2.75) is 32.9 Å². The first kappa shape index (κ1) is 17.5. The van der Waals surface area contributed by atoms with Crippen molar-refractivity contribution in [3.05, 3.63) is 36.0 Å². The summed E-state index contributed by atoms with van der Waals surface area (Å²) in [5.74, 6) is 0.0960. The Morgan fingerprint density at radius 2 is 2.17 bits per heavy atom. The lowest BCUT2D eigenvalue weighted by Gasteiger charge is -2.22. The summed E-state index contributed by atoms with van der Waals surface area (Å²) >= 11 is 0. The standard InChI is InChI=1S/C18H26N2O3/c1-4-13(2)16(12-21)19-18(22)15-5-6-17-14(11-15)7-8-20(17)9-10-23-3/h5-8,11,13,16,21H,4,9-10,12H2,1-3H3,(H,19,22)/t13-,16-/m0/s1. The van der Waals surface area contributed by atoms with Crippen LogP contribution in [0.2, 0.25) is 0 Å². The molecule has 0 fully saturated rings. The molecule has 0 bridgehead atoms. The zero-order valence-corrected chi connectivity index (χ0v) is 14.1. The Balaban J connectivity index is 2.15. The van der Waals surface area contributed by atoms with Gasteiger partial charge in [0.15, 0.2) is 0 Å². The van der Waals surface area contributed by atoms with Gasteiger partial charge in [0.05, 0.1) is 19.3 Å². The normalized spacial score (nSPS) is 13.9. The lowest BCUT2D eigenvalue weighted by atomic mass is 9.99. The molecule has 0 saturated heterocycles. The fourth-order valence-corrected chi connectivity index (χ4v) is 2.63. The first-order valence-corrected chi connectivity index (χ1v) is 8.10. The highest BCUT2D eigenvalue weighted by Gasteiger charge is 2.18. The highest BCUT2D eigenvalue weighted by atomic mass is 16.5. The number of carbonyl (C=O) groups is 1. The smallest absolute Gasteiger partial charge is 0.251 e. The van der Waals surface area contributed by atoms with Crippen LogP contribution < -0.4 is 5.32 Å². The molecule has 5 nitrogen and oxygen atoms in total. The minimum absolute atomic E-state index is 0.0453. The van der Waals surface area contributed by atoms with Gasteiger partial charge in [-0.05, 0) is 30.2 Å². The Labute approximate surface area is 137 Å². The molecule has 126 valence electrons. The molecule has 2 N–H and O–H groups in total. The van der Waals surface area contributed by atoms with Crippen LogP contribution in [-0.2, 0) is 11.3 Å². The lowest BCUT2D eigenvalue weighted by molar-refractivity contribution is 0.0891. The molecular weight excluding hydrogens is 292 g/mol. The molecule has 1 heterocycles. The van der Waals surface area contributed by atoms with Crippen molar-refractivity contribution >= 4 is 16.8 Å². The number of nitrogens with one attached hydrogen (secondary N) is 1. The summed E-state index contributed by atoms with van der Waals surface area (Å²) in [6, 6.07) is 7.46. The van der Waals surface area contributed by atoms with Gasteiger partial charge in [0.25, 0.3) is 5.91 Å². The van der Waals surface area contributed by atoms with E-state index in [1.165, 1.54) is 0 Å². The van der Waals surface area contributed by atoms with Gasteiger partial charge in [0.1, 0.15) is 0 Å². The summed E-state index contributed by atoms with van der Waals surface area (Å²) in [7, 11) is 1.68. The number of carbonyl (C=O) groups excluding carboxylic acids is 1. The number of nitrogens with zero attached hydrogens (tertiary/aromatic N) is 1. The molecule has 0 radical (unpaired) electrons. The highest BCUT2D eigenvalue weighted by molar-refractivity contribution is 5.98. The number of aliphatic hydroxyl groups excluding tert-OH is 1. The SMILES string of the molecule is CC[C@H](C)[C@H](CO)NC(=O)c1ccc2c(ccn2CCOC)c1. The Hall–Kier alpha value is -1.85. The number of ether oxygens (including phenoxy) is 1. The van der Waals surface area contributed by atoms with Crippen LogP contribution in [0.25, 0.3) is 10.9 Å². The summed E-state index contributed by atoms with van der Waals surface area (Å²) in [4.78, 5) is 12.4. The molecule has 0 unspecified atom stereocenters. The lowest BCUT2D eigenvalue weighted by Crippen LogP contribution is -2.41. The Morgan fingerprint density at radius 1 is 1.39 bits per heavy atom. The maximum Gasteiger partial charge on any atom is 0.251 e. The Bertz CT molecular complexity index is 651. The third-order valence-electron chi connectivity index (χ3n) is 4.41. The second-order valence-electron chi connectivity index (χ2n) is 5.92. The fraction of sp³-hybridized carbons (Fsp3) is 0.500. The first-order chi connectivity index (χ1) is 11.1. The van der Waals surface area contributed by atoms with E-state index in [1.54, 1.807) is 7.11 Å². The molecule has 2 rings (SSSR count). The summed E-state index contributed by atoms with van der Waals surface area (Å²) < 4.78 is 7.21. The van der Waals surface area contributed by atoms with Gasteiger partial charge in [-0.1, -0.05) is 20.3 Å². The molecule has 0 aliphatic carbocycles. The molecular formula is C18H26N2O3. The van der Waals surface area contributed by atoms with Crippen LogP contribution in [0.1, 0.15) is 30.6 Å². The number of hydrogen-bond donors (Lipinski definition) is 2. The summed E-state index contributed by atoms with van der Waals surface area (Å²) in [5.41, 5.74) is 1.70. The summed E-state index contributed by atoms with van der Waals surface area (Å²) in [6.07, 6.45) is 2.91. The molecule has 0 saturated carbocycles. The predicted molar refractivity (Wildman–Crippen MR) is 91.6 cm³/mol. The number of aliphatic hydroxyl groups is 1. The van der Waals surface area contributed by atoms with Crippen LogP contribution in [0.15, 0.2) is 30.5 Å². The van der Waals surface area contributed by atoms with Crippen molar-refractivity contribution in [3.63, 3.8) is 0 Å². The van der Waals surface area contributed by atoms with Gasteiger partial charge >= 0.3 is 0 Å². The van der Waals surface area contributed by atoms with Crippen molar-refractivity contribution in [1.82, 2.24) is 9.88 Å². The number of rotatable bonds is 8. The van der Waals surface area contributed by atoms with E-state index in [4.69, 9.17) is 4.74 Å². The van der Waals surface area contributed by atoms with Crippen LogP contribution >= 0.6 is 0 Å². The van der Waals surface area contributed by atoms with Gasteiger partial charge in [0.2, 0.25) is 0 Å². The zero-order chi connectivity index (χ0) is 16.8. The largest absolute Gasteiger partial charge is 0.394 e. The van der Waals surface area contributed by atoms with Crippen LogP contribution in [0.4, 0.5) is 0 Å². The number of aromatic nitrogens is 1. The minimum Gasteiger partial charge on any atom is -0.394 e. The second-order valence-corrected chi connectivity index (χ2v) is 5.92. The average Bonchev–Trinajstić information content (AvgIpc) is 2.99. The quantitative estimate of drug-likeness (QED) is 0.786. The number of methoxy groups -OCH3 is 1. The minimum atomic E-state index is -0.213.